The van der Waals surface area contributed by atoms with Crippen LogP contribution in [0.15, 0.2) is 42.5 Å². The molecule has 2 aliphatic rings. The minimum atomic E-state index is -0.484. The fraction of sp³-hybridized carbons (Fsp3) is 0.278. The molecule has 0 saturated heterocycles. The van der Waals surface area contributed by atoms with Crippen molar-refractivity contribution in [2.24, 2.45) is 0 Å². The molecule has 3 N–H and O–H groups in total. The van der Waals surface area contributed by atoms with Crippen molar-refractivity contribution in [1.29, 1.82) is 0 Å². The van der Waals surface area contributed by atoms with Crippen LogP contribution in [-0.4, -0.2) is 11.7 Å². The number of nitrogens with two attached hydrogens (primary N) is 1. The first-order chi connectivity index (χ1) is 11.1. The Morgan fingerprint density at radius 2 is 1.67 bits per heavy atom. The van der Waals surface area contributed by atoms with Gasteiger partial charge in [-0.05, 0) is 49.2 Å². The van der Waals surface area contributed by atoms with Gasteiger partial charge < -0.3 is 20.5 Å². The third-order valence-electron chi connectivity index (χ3n) is 4.33. The molecule has 1 amide bonds. The van der Waals surface area contributed by atoms with Crippen LogP contribution in [0.5, 0.6) is 11.5 Å². The summed E-state index contributed by atoms with van der Waals surface area (Å²) in [6, 6.07) is 12.3. The van der Waals surface area contributed by atoms with E-state index in [0.717, 1.165) is 31.4 Å². The standard InChI is InChI=1S/C18H18N2O3.ClH/c19-13-5-3-12(4-6-13)17(21)20-14-7-8-15-16(11-14)23-18(22-15)9-1-2-10-18;/h3-8,11H,1-2,9-10,19H2,(H,20,21);1H. The van der Waals surface area contributed by atoms with Crippen molar-refractivity contribution >= 4 is 29.7 Å². The van der Waals surface area contributed by atoms with E-state index in [1.165, 1.54) is 0 Å². The summed E-state index contributed by atoms with van der Waals surface area (Å²) in [5, 5.41) is 2.87. The lowest BCUT2D eigenvalue weighted by atomic mass is 10.2. The lowest BCUT2D eigenvalue weighted by Crippen LogP contribution is -2.34. The molecule has 126 valence electrons. The molecule has 2 aromatic rings. The van der Waals surface area contributed by atoms with Gasteiger partial charge in [0.05, 0.1) is 0 Å². The van der Waals surface area contributed by atoms with Gasteiger partial charge in [-0.3, -0.25) is 4.79 Å². The molecule has 0 bridgehead atoms. The van der Waals surface area contributed by atoms with Gasteiger partial charge in [0.2, 0.25) is 0 Å². The zero-order chi connectivity index (χ0) is 15.9. The number of benzene rings is 2. The molecule has 1 saturated carbocycles. The van der Waals surface area contributed by atoms with Gasteiger partial charge in [0.25, 0.3) is 11.7 Å². The SMILES string of the molecule is Cl.Nc1ccc(C(=O)Nc2ccc3c(c2)OC2(CCCC2)O3)cc1. The Balaban J connectivity index is 0.00000169. The largest absolute Gasteiger partial charge is 0.448 e. The molecule has 4 rings (SSSR count). The fourth-order valence-corrected chi connectivity index (χ4v) is 3.13. The fourth-order valence-electron chi connectivity index (χ4n) is 3.13. The molecule has 6 heteroatoms. The van der Waals surface area contributed by atoms with E-state index in [1.807, 2.05) is 18.2 Å². The highest BCUT2D eigenvalue weighted by atomic mass is 35.5. The maximum Gasteiger partial charge on any atom is 0.255 e. The topological polar surface area (TPSA) is 73.6 Å². The number of ether oxygens (including phenoxy) is 2. The van der Waals surface area contributed by atoms with E-state index in [2.05, 4.69) is 5.32 Å². The number of carbonyl (C=O) groups excluding carboxylic acids is 1. The van der Waals surface area contributed by atoms with Gasteiger partial charge in [-0.1, -0.05) is 0 Å². The smallest absolute Gasteiger partial charge is 0.255 e. The van der Waals surface area contributed by atoms with Crippen molar-refractivity contribution in [2.75, 3.05) is 11.1 Å². The van der Waals surface area contributed by atoms with Gasteiger partial charge in [-0.25, -0.2) is 0 Å². The molecule has 24 heavy (non-hydrogen) atoms. The van der Waals surface area contributed by atoms with Crippen LogP contribution >= 0.6 is 12.4 Å². The van der Waals surface area contributed by atoms with E-state index in [9.17, 15) is 4.79 Å². The first-order valence-electron chi connectivity index (χ1n) is 7.83. The lowest BCUT2D eigenvalue weighted by Gasteiger charge is -2.21. The van der Waals surface area contributed by atoms with Gasteiger partial charge in [0, 0.05) is 35.8 Å². The number of amides is 1. The number of rotatable bonds is 2. The lowest BCUT2D eigenvalue weighted by molar-refractivity contribution is -0.0716. The van der Waals surface area contributed by atoms with Gasteiger partial charge in [0.15, 0.2) is 11.5 Å². The molecule has 1 fully saturated rings. The summed E-state index contributed by atoms with van der Waals surface area (Å²) in [5.74, 6) is 0.779. The van der Waals surface area contributed by atoms with Crippen LogP contribution in [-0.2, 0) is 0 Å². The number of hydrogen-bond donors (Lipinski definition) is 2. The third-order valence-corrected chi connectivity index (χ3v) is 4.33. The molecule has 0 aromatic heterocycles. The number of halogens is 1. The summed E-state index contributed by atoms with van der Waals surface area (Å²) in [6.07, 6.45) is 4.06. The van der Waals surface area contributed by atoms with Crippen LogP contribution in [0, 0.1) is 0 Å². The van der Waals surface area contributed by atoms with Crippen molar-refractivity contribution in [3.63, 3.8) is 0 Å². The molecule has 0 unspecified atom stereocenters. The highest BCUT2D eigenvalue weighted by molar-refractivity contribution is 6.04. The quantitative estimate of drug-likeness (QED) is 0.806. The highest BCUT2D eigenvalue weighted by Gasteiger charge is 2.44. The molecule has 1 aliphatic carbocycles. The van der Waals surface area contributed by atoms with E-state index >= 15 is 0 Å². The predicted octanol–water partition coefficient (Wildman–Crippen LogP) is 3.98. The van der Waals surface area contributed by atoms with Gasteiger partial charge in [-0.15, -0.1) is 12.4 Å². The summed E-state index contributed by atoms with van der Waals surface area (Å²) >= 11 is 0. The number of nitrogens with one attached hydrogen (secondary N) is 1. The van der Waals surface area contributed by atoms with E-state index in [1.54, 1.807) is 24.3 Å². The second kappa shape index (κ2) is 6.24. The number of anilines is 2. The second-order valence-corrected chi connectivity index (χ2v) is 6.06. The molecule has 1 spiro atoms. The van der Waals surface area contributed by atoms with Crippen LogP contribution in [0.3, 0.4) is 0 Å². The number of hydrogen-bond acceptors (Lipinski definition) is 4. The zero-order valence-electron chi connectivity index (χ0n) is 13.1. The maximum atomic E-state index is 12.3. The van der Waals surface area contributed by atoms with Crippen molar-refractivity contribution < 1.29 is 14.3 Å². The second-order valence-electron chi connectivity index (χ2n) is 6.06. The summed E-state index contributed by atoms with van der Waals surface area (Å²) in [4.78, 5) is 12.3. The average Bonchev–Trinajstić information content (AvgIpc) is 3.14. The Hall–Kier alpha value is -2.40. The molecular formula is C18H19ClN2O3. The maximum absolute atomic E-state index is 12.3. The Bertz CT molecular complexity index is 755. The van der Waals surface area contributed by atoms with Crippen LogP contribution in [0.4, 0.5) is 11.4 Å². The van der Waals surface area contributed by atoms with Crippen LogP contribution in [0.25, 0.3) is 0 Å². The number of nitrogen functional groups attached to an aromatic ring is 1. The number of carbonyl (C=O) groups is 1. The van der Waals surface area contributed by atoms with Crippen molar-refractivity contribution in [3.8, 4) is 11.5 Å². The van der Waals surface area contributed by atoms with Crippen molar-refractivity contribution in [3.05, 3.63) is 48.0 Å². The van der Waals surface area contributed by atoms with E-state index in [4.69, 9.17) is 15.2 Å². The molecule has 2 aromatic carbocycles. The van der Waals surface area contributed by atoms with Crippen LogP contribution < -0.4 is 20.5 Å². The monoisotopic (exact) mass is 346 g/mol. The molecule has 0 atom stereocenters. The van der Waals surface area contributed by atoms with E-state index in [0.29, 0.717) is 22.7 Å². The average molecular weight is 347 g/mol. The summed E-state index contributed by atoms with van der Waals surface area (Å²) in [6.45, 7) is 0. The third kappa shape index (κ3) is 2.99. The van der Waals surface area contributed by atoms with Crippen molar-refractivity contribution in [1.82, 2.24) is 0 Å². The zero-order valence-corrected chi connectivity index (χ0v) is 13.9. The highest BCUT2D eigenvalue weighted by Crippen LogP contribution is 2.47. The number of fused-ring (bicyclic) bond motifs is 1. The summed E-state index contributed by atoms with van der Waals surface area (Å²) in [5.41, 5.74) is 7.51. The van der Waals surface area contributed by atoms with Gasteiger partial charge >= 0.3 is 0 Å². The summed E-state index contributed by atoms with van der Waals surface area (Å²) in [7, 11) is 0. The molecule has 5 nitrogen and oxygen atoms in total. The van der Waals surface area contributed by atoms with Gasteiger partial charge in [0.1, 0.15) is 0 Å². The minimum absolute atomic E-state index is 0. The molecule has 1 aliphatic heterocycles. The van der Waals surface area contributed by atoms with Gasteiger partial charge in [-0.2, -0.15) is 0 Å². The first-order valence-corrected chi connectivity index (χ1v) is 7.83. The normalized spacial score (nSPS) is 16.7. The van der Waals surface area contributed by atoms with Crippen LogP contribution in [0.2, 0.25) is 0 Å². The minimum Gasteiger partial charge on any atom is -0.448 e. The Morgan fingerprint density at radius 3 is 2.38 bits per heavy atom. The van der Waals surface area contributed by atoms with E-state index < -0.39 is 5.79 Å². The Morgan fingerprint density at radius 1 is 1.00 bits per heavy atom. The Labute approximate surface area is 146 Å². The molecular weight excluding hydrogens is 328 g/mol. The molecule has 0 radical (unpaired) electrons. The Kier molecular flexibility index (Phi) is 4.28. The van der Waals surface area contributed by atoms with E-state index in [-0.39, 0.29) is 18.3 Å². The first kappa shape index (κ1) is 16.5. The summed E-state index contributed by atoms with van der Waals surface area (Å²) < 4.78 is 12.0. The van der Waals surface area contributed by atoms with Crippen LogP contribution in [0.1, 0.15) is 36.0 Å². The predicted molar refractivity (Wildman–Crippen MR) is 95.0 cm³/mol. The van der Waals surface area contributed by atoms with Crippen molar-refractivity contribution in [2.45, 2.75) is 31.5 Å². The molecule has 1 heterocycles.